The Hall–Kier alpha value is -0.970. The van der Waals surface area contributed by atoms with Gasteiger partial charge in [0.05, 0.1) is 18.3 Å². The highest BCUT2D eigenvalue weighted by atomic mass is 19.3. The molecule has 1 saturated heterocycles. The van der Waals surface area contributed by atoms with Gasteiger partial charge in [-0.2, -0.15) is 0 Å². The summed E-state index contributed by atoms with van der Waals surface area (Å²) in [4.78, 5) is 9.16. The maximum Gasteiger partial charge on any atom is 0.253 e. The van der Waals surface area contributed by atoms with Crippen molar-refractivity contribution in [3.8, 4) is 0 Å². The number of aryl methyl sites for hydroxylation is 2. The summed E-state index contributed by atoms with van der Waals surface area (Å²) in [7, 11) is 0. The van der Waals surface area contributed by atoms with Crippen molar-refractivity contribution in [3.05, 3.63) is 17.2 Å². The maximum absolute atomic E-state index is 12.4. The molecule has 0 saturated carbocycles. The standard InChI is InChI=1S/C10H15F2N3/c1-6-7(2)14-9(13-6)5-15-4-3-8(15)10(11)12/h8,10H,3-5H2,1-2H3,(H,13,14). The first-order valence-electron chi connectivity index (χ1n) is 5.12. The lowest BCUT2D eigenvalue weighted by atomic mass is 10.0. The van der Waals surface area contributed by atoms with Gasteiger partial charge in [0, 0.05) is 12.2 Å². The minimum Gasteiger partial charge on any atom is -0.345 e. The average molecular weight is 215 g/mol. The van der Waals surface area contributed by atoms with Gasteiger partial charge in [0.15, 0.2) is 0 Å². The third-order valence-corrected chi connectivity index (χ3v) is 3.00. The van der Waals surface area contributed by atoms with Crippen molar-refractivity contribution in [1.82, 2.24) is 14.9 Å². The van der Waals surface area contributed by atoms with Gasteiger partial charge >= 0.3 is 0 Å². The molecule has 1 aliphatic heterocycles. The molecule has 2 heterocycles. The zero-order valence-electron chi connectivity index (χ0n) is 8.93. The van der Waals surface area contributed by atoms with Gasteiger partial charge in [-0.15, -0.1) is 0 Å². The van der Waals surface area contributed by atoms with E-state index in [-0.39, 0.29) is 0 Å². The van der Waals surface area contributed by atoms with Crippen LogP contribution in [0.1, 0.15) is 23.6 Å². The van der Waals surface area contributed by atoms with E-state index in [2.05, 4.69) is 9.97 Å². The Morgan fingerprint density at radius 3 is 2.67 bits per heavy atom. The SMILES string of the molecule is Cc1nc(CN2CCC2C(F)F)[nH]c1C. The van der Waals surface area contributed by atoms with E-state index in [1.165, 1.54) is 0 Å². The molecule has 5 heteroatoms. The lowest BCUT2D eigenvalue weighted by Gasteiger charge is -2.39. The fourth-order valence-electron chi connectivity index (χ4n) is 1.83. The Kier molecular flexibility index (Phi) is 2.73. The average Bonchev–Trinajstić information content (AvgIpc) is 2.39. The molecule has 1 fully saturated rings. The molecule has 2 rings (SSSR count). The zero-order chi connectivity index (χ0) is 11.0. The second kappa shape index (κ2) is 3.89. The number of H-pyrrole nitrogens is 1. The lowest BCUT2D eigenvalue weighted by Crippen LogP contribution is -2.51. The number of aromatic nitrogens is 2. The van der Waals surface area contributed by atoms with Gasteiger partial charge in [0.1, 0.15) is 5.82 Å². The predicted octanol–water partition coefficient (Wildman–Crippen LogP) is 1.87. The van der Waals surface area contributed by atoms with Crippen LogP contribution in [0.5, 0.6) is 0 Å². The summed E-state index contributed by atoms with van der Waals surface area (Å²) in [6, 6.07) is -0.573. The van der Waals surface area contributed by atoms with Crippen molar-refractivity contribution in [2.45, 2.75) is 39.3 Å². The van der Waals surface area contributed by atoms with Gasteiger partial charge < -0.3 is 4.98 Å². The molecule has 0 spiro atoms. The second-order valence-corrected chi connectivity index (χ2v) is 4.05. The minimum absolute atomic E-state index is 0.504. The van der Waals surface area contributed by atoms with Crippen molar-refractivity contribution in [2.24, 2.45) is 0 Å². The highest BCUT2D eigenvalue weighted by Crippen LogP contribution is 2.25. The molecule has 1 aromatic heterocycles. The summed E-state index contributed by atoms with van der Waals surface area (Å²) in [5.74, 6) is 0.787. The molecule has 15 heavy (non-hydrogen) atoms. The van der Waals surface area contributed by atoms with E-state index < -0.39 is 12.5 Å². The van der Waals surface area contributed by atoms with Gasteiger partial charge in [-0.25, -0.2) is 13.8 Å². The third kappa shape index (κ3) is 2.02. The molecule has 0 aliphatic carbocycles. The van der Waals surface area contributed by atoms with E-state index in [4.69, 9.17) is 0 Å². The van der Waals surface area contributed by atoms with Gasteiger partial charge in [-0.1, -0.05) is 0 Å². The van der Waals surface area contributed by atoms with E-state index in [0.29, 0.717) is 13.0 Å². The van der Waals surface area contributed by atoms with E-state index in [1.807, 2.05) is 13.8 Å². The molecule has 1 atom stereocenters. The summed E-state index contributed by atoms with van der Waals surface area (Å²) in [5.41, 5.74) is 1.96. The number of nitrogens with zero attached hydrogens (tertiary/aromatic N) is 2. The molecule has 1 unspecified atom stereocenters. The number of rotatable bonds is 3. The molecular weight excluding hydrogens is 200 g/mol. The van der Waals surface area contributed by atoms with Crippen molar-refractivity contribution in [3.63, 3.8) is 0 Å². The summed E-state index contributed by atoms with van der Waals surface area (Å²) < 4.78 is 24.9. The largest absolute Gasteiger partial charge is 0.345 e. The van der Waals surface area contributed by atoms with E-state index in [0.717, 1.165) is 23.8 Å². The molecular formula is C10H15F2N3. The Morgan fingerprint density at radius 1 is 1.53 bits per heavy atom. The Balaban J connectivity index is 1.97. The molecule has 0 aromatic carbocycles. The quantitative estimate of drug-likeness (QED) is 0.834. The van der Waals surface area contributed by atoms with Crippen molar-refractivity contribution in [2.75, 3.05) is 6.54 Å². The molecule has 1 N–H and O–H groups in total. The Bertz CT molecular complexity index is 329. The van der Waals surface area contributed by atoms with Crippen LogP contribution in [0.25, 0.3) is 0 Å². The number of likely N-dealkylation sites (tertiary alicyclic amines) is 1. The van der Waals surface area contributed by atoms with Crippen LogP contribution in [0.2, 0.25) is 0 Å². The van der Waals surface area contributed by atoms with Crippen LogP contribution in [0.3, 0.4) is 0 Å². The number of aromatic amines is 1. The van der Waals surface area contributed by atoms with Gasteiger partial charge in [0.25, 0.3) is 6.43 Å². The second-order valence-electron chi connectivity index (χ2n) is 4.05. The molecule has 0 amide bonds. The number of hydrogen-bond donors (Lipinski definition) is 1. The first-order chi connectivity index (χ1) is 7.08. The number of halogens is 2. The molecule has 1 aromatic rings. The van der Waals surface area contributed by atoms with Crippen LogP contribution in [0, 0.1) is 13.8 Å². The van der Waals surface area contributed by atoms with E-state index in [1.54, 1.807) is 4.90 Å². The number of nitrogens with one attached hydrogen (secondary N) is 1. The van der Waals surface area contributed by atoms with Crippen LogP contribution in [-0.2, 0) is 6.54 Å². The van der Waals surface area contributed by atoms with Crippen LogP contribution >= 0.6 is 0 Å². The van der Waals surface area contributed by atoms with Gasteiger partial charge in [-0.05, 0) is 20.3 Å². The number of hydrogen-bond acceptors (Lipinski definition) is 2. The van der Waals surface area contributed by atoms with Crippen LogP contribution in [-0.4, -0.2) is 33.9 Å². The minimum atomic E-state index is -2.24. The number of imidazole rings is 1. The maximum atomic E-state index is 12.4. The first kappa shape index (κ1) is 10.5. The Labute approximate surface area is 87.5 Å². The van der Waals surface area contributed by atoms with Crippen LogP contribution < -0.4 is 0 Å². The van der Waals surface area contributed by atoms with Crippen molar-refractivity contribution < 1.29 is 8.78 Å². The van der Waals surface area contributed by atoms with Gasteiger partial charge in [0.2, 0.25) is 0 Å². The van der Waals surface area contributed by atoms with Crippen molar-refractivity contribution in [1.29, 1.82) is 0 Å². The molecule has 1 aliphatic rings. The molecule has 84 valence electrons. The summed E-state index contributed by atoms with van der Waals surface area (Å²) in [6.07, 6.45) is -1.65. The summed E-state index contributed by atoms with van der Waals surface area (Å²) in [5, 5.41) is 0. The van der Waals surface area contributed by atoms with E-state index >= 15 is 0 Å². The summed E-state index contributed by atoms with van der Waals surface area (Å²) >= 11 is 0. The van der Waals surface area contributed by atoms with E-state index in [9.17, 15) is 8.78 Å². The molecule has 0 radical (unpaired) electrons. The highest BCUT2D eigenvalue weighted by Gasteiger charge is 2.35. The highest BCUT2D eigenvalue weighted by molar-refractivity contribution is 5.11. The van der Waals surface area contributed by atoms with Gasteiger partial charge in [-0.3, -0.25) is 4.90 Å². The summed E-state index contributed by atoms with van der Waals surface area (Å²) in [6.45, 7) is 5.10. The van der Waals surface area contributed by atoms with Crippen molar-refractivity contribution >= 4 is 0 Å². The topological polar surface area (TPSA) is 31.9 Å². The third-order valence-electron chi connectivity index (χ3n) is 3.00. The van der Waals surface area contributed by atoms with Crippen LogP contribution in [0.4, 0.5) is 8.78 Å². The number of alkyl halides is 2. The molecule has 0 bridgehead atoms. The first-order valence-corrected chi connectivity index (χ1v) is 5.12. The zero-order valence-corrected chi connectivity index (χ0v) is 8.93. The lowest BCUT2D eigenvalue weighted by molar-refractivity contribution is -0.0399. The van der Waals surface area contributed by atoms with Crippen LogP contribution in [0.15, 0.2) is 0 Å². The normalized spacial score (nSPS) is 22.1. The fraction of sp³-hybridized carbons (Fsp3) is 0.700. The monoisotopic (exact) mass is 215 g/mol. The molecule has 3 nitrogen and oxygen atoms in total. The predicted molar refractivity (Wildman–Crippen MR) is 52.9 cm³/mol. The fourth-order valence-corrected chi connectivity index (χ4v) is 1.83. The smallest absolute Gasteiger partial charge is 0.253 e. The Morgan fingerprint density at radius 2 is 2.27 bits per heavy atom.